The van der Waals surface area contributed by atoms with Crippen LogP contribution in [-0.4, -0.2) is 31.6 Å². The molecular formula is C18H27ClN2O3. The maximum Gasteiger partial charge on any atom is 0.333 e. The summed E-state index contributed by atoms with van der Waals surface area (Å²) in [6.45, 7) is 4.12. The van der Waals surface area contributed by atoms with Gasteiger partial charge in [-0.25, -0.2) is 4.79 Å². The molecule has 0 aliphatic carbocycles. The van der Waals surface area contributed by atoms with E-state index in [4.69, 9.17) is 4.74 Å². The largest absolute Gasteiger partial charge is 0.464 e. The van der Waals surface area contributed by atoms with Crippen LogP contribution >= 0.6 is 12.4 Å². The molecule has 134 valence electrons. The van der Waals surface area contributed by atoms with E-state index in [-0.39, 0.29) is 18.3 Å². The van der Waals surface area contributed by atoms with Gasteiger partial charge in [0, 0.05) is 6.42 Å². The molecule has 2 rings (SSSR count). The number of ether oxygens (including phenoxy) is 1. The zero-order chi connectivity index (χ0) is 16.5. The number of hydrogen-bond donors (Lipinski definition) is 2. The fraction of sp³-hybridized carbons (Fsp3) is 0.556. The minimum Gasteiger partial charge on any atom is -0.464 e. The molecule has 1 heterocycles. The molecule has 0 aromatic heterocycles. The van der Waals surface area contributed by atoms with Gasteiger partial charge in [-0.1, -0.05) is 30.3 Å². The Morgan fingerprint density at radius 2 is 1.92 bits per heavy atom. The molecule has 0 unspecified atom stereocenters. The third kappa shape index (κ3) is 6.49. The summed E-state index contributed by atoms with van der Waals surface area (Å²) >= 11 is 0. The van der Waals surface area contributed by atoms with E-state index in [1.54, 1.807) is 6.92 Å². The SMILES string of the molecule is CCOC(=O)[C@H](NC(=O)CCC1CCNCC1)c1ccccc1.Cl. The predicted molar refractivity (Wildman–Crippen MR) is 96.0 cm³/mol. The third-order valence-corrected chi connectivity index (χ3v) is 4.20. The number of piperidine rings is 1. The molecule has 5 nitrogen and oxygen atoms in total. The highest BCUT2D eigenvalue weighted by molar-refractivity contribution is 5.85. The monoisotopic (exact) mass is 354 g/mol. The number of nitrogens with one attached hydrogen (secondary N) is 2. The Morgan fingerprint density at radius 3 is 2.54 bits per heavy atom. The number of amides is 1. The first-order chi connectivity index (χ1) is 11.2. The maximum absolute atomic E-state index is 12.2. The van der Waals surface area contributed by atoms with Gasteiger partial charge in [0.05, 0.1) is 6.61 Å². The van der Waals surface area contributed by atoms with Crippen LogP contribution in [0.4, 0.5) is 0 Å². The van der Waals surface area contributed by atoms with Gasteiger partial charge in [0.2, 0.25) is 5.91 Å². The van der Waals surface area contributed by atoms with E-state index in [0.717, 1.165) is 37.9 Å². The third-order valence-electron chi connectivity index (χ3n) is 4.20. The lowest BCUT2D eigenvalue weighted by Gasteiger charge is -2.23. The molecule has 0 saturated carbocycles. The van der Waals surface area contributed by atoms with Gasteiger partial charge in [0.15, 0.2) is 6.04 Å². The predicted octanol–water partition coefficient (Wildman–Crippen LogP) is 2.61. The quantitative estimate of drug-likeness (QED) is 0.738. The smallest absolute Gasteiger partial charge is 0.333 e. The normalized spacial score (nSPS) is 15.9. The molecule has 0 spiro atoms. The molecule has 1 saturated heterocycles. The lowest BCUT2D eigenvalue weighted by molar-refractivity contribution is -0.147. The van der Waals surface area contributed by atoms with Crippen molar-refractivity contribution in [3.63, 3.8) is 0 Å². The minimum absolute atomic E-state index is 0. The highest BCUT2D eigenvalue weighted by atomic mass is 35.5. The summed E-state index contributed by atoms with van der Waals surface area (Å²) in [5, 5.41) is 6.15. The molecule has 1 atom stereocenters. The summed E-state index contributed by atoms with van der Waals surface area (Å²) in [5.41, 5.74) is 0.751. The number of carbonyl (C=O) groups excluding carboxylic acids is 2. The molecule has 2 N–H and O–H groups in total. The molecule has 1 aliphatic heterocycles. The number of benzene rings is 1. The Morgan fingerprint density at radius 1 is 1.25 bits per heavy atom. The topological polar surface area (TPSA) is 67.4 Å². The lowest BCUT2D eigenvalue weighted by Crippen LogP contribution is -2.35. The second kappa shape index (κ2) is 11.0. The van der Waals surface area contributed by atoms with E-state index in [1.807, 2.05) is 30.3 Å². The van der Waals surface area contributed by atoms with Gasteiger partial charge in [0.25, 0.3) is 0 Å². The first-order valence-corrected chi connectivity index (χ1v) is 8.42. The molecule has 6 heteroatoms. The highest BCUT2D eigenvalue weighted by Crippen LogP contribution is 2.19. The Bertz CT molecular complexity index is 504. The van der Waals surface area contributed by atoms with Crippen molar-refractivity contribution in [1.82, 2.24) is 10.6 Å². The van der Waals surface area contributed by atoms with Gasteiger partial charge < -0.3 is 15.4 Å². The molecule has 1 fully saturated rings. The summed E-state index contributed by atoms with van der Waals surface area (Å²) in [6, 6.07) is 8.51. The van der Waals surface area contributed by atoms with Crippen LogP contribution in [0.25, 0.3) is 0 Å². The second-order valence-electron chi connectivity index (χ2n) is 5.90. The van der Waals surface area contributed by atoms with Crippen LogP contribution in [-0.2, 0) is 14.3 Å². The van der Waals surface area contributed by atoms with Crippen molar-refractivity contribution in [2.45, 2.75) is 38.6 Å². The molecule has 1 aliphatic rings. The van der Waals surface area contributed by atoms with Crippen LogP contribution in [0.5, 0.6) is 0 Å². The van der Waals surface area contributed by atoms with E-state index in [1.165, 1.54) is 0 Å². The van der Waals surface area contributed by atoms with Crippen LogP contribution in [0.15, 0.2) is 30.3 Å². The van der Waals surface area contributed by atoms with Crippen molar-refractivity contribution in [1.29, 1.82) is 0 Å². The fourth-order valence-electron chi connectivity index (χ4n) is 2.89. The lowest BCUT2D eigenvalue weighted by atomic mass is 9.93. The van der Waals surface area contributed by atoms with Crippen LogP contribution in [0.3, 0.4) is 0 Å². The second-order valence-corrected chi connectivity index (χ2v) is 5.90. The van der Waals surface area contributed by atoms with Crippen molar-refractivity contribution in [3.8, 4) is 0 Å². The van der Waals surface area contributed by atoms with Crippen LogP contribution in [0.1, 0.15) is 44.2 Å². The van der Waals surface area contributed by atoms with Crippen LogP contribution in [0, 0.1) is 5.92 Å². The Balaban J connectivity index is 0.00000288. The van der Waals surface area contributed by atoms with E-state index >= 15 is 0 Å². The standard InChI is InChI=1S/C18H26N2O3.ClH/c1-2-23-18(22)17(15-6-4-3-5-7-15)20-16(21)9-8-14-10-12-19-13-11-14;/h3-7,14,17,19H,2,8-13H2,1H3,(H,20,21);1H/t17-;/m1./s1. The molecule has 24 heavy (non-hydrogen) atoms. The molecular weight excluding hydrogens is 328 g/mol. The number of esters is 1. The van der Waals surface area contributed by atoms with Gasteiger partial charge in [0.1, 0.15) is 0 Å². The van der Waals surface area contributed by atoms with E-state index < -0.39 is 12.0 Å². The highest BCUT2D eigenvalue weighted by Gasteiger charge is 2.24. The van der Waals surface area contributed by atoms with Crippen molar-refractivity contribution in [2.75, 3.05) is 19.7 Å². The molecule has 1 aromatic rings. The number of hydrogen-bond acceptors (Lipinski definition) is 4. The van der Waals surface area contributed by atoms with Crippen molar-refractivity contribution in [2.24, 2.45) is 5.92 Å². The molecule has 0 bridgehead atoms. The summed E-state index contributed by atoms with van der Waals surface area (Å²) in [5.74, 6) is 0.0964. The minimum atomic E-state index is -0.725. The first kappa shape index (κ1) is 20.5. The Hall–Kier alpha value is -1.59. The summed E-state index contributed by atoms with van der Waals surface area (Å²) < 4.78 is 5.09. The number of rotatable bonds is 7. The summed E-state index contributed by atoms with van der Waals surface area (Å²) in [4.78, 5) is 24.4. The molecule has 0 radical (unpaired) electrons. The van der Waals surface area contributed by atoms with E-state index in [9.17, 15) is 9.59 Å². The zero-order valence-corrected chi connectivity index (χ0v) is 14.9. The van der Waals surface area contributed by atoms with Crippen LogP contribution in [0.2, 0.25) is 0 Å². The van der Waals surface area contributed by atoms with E-state index in [0.29, 0.717) is 18.9 Å². The fourth-order valence-corrected chi connectivity index (χ4v) is 2.89. The summed E-state index contributed by atoms with van der Waals surface area (Å²) in [6.07, 6.45) is 3.56. The molecule has 1 aromatic carbocycles. The molecule has 1 amide bonds. The van der Waals surface area contributed by atoms with Gasteiger partial charge in [-0.15, -0.1) is 12.4 Å². The number of halogens is 1. The van der Waals surface area contributed by atoms with Gasteiger partial charge in [-0.2, -0.15) is 0 Å². The average molecular weight is 355 g/mol. The zero-order valence-electron chi connectivity index (χ0n) is 14.1. The van der Waals surface area contributed by atoms with Crippen molar-refractivity contribution >= 4 is 24.3 Å². The van der Waals surface area contributed by atoms with E-state index in [2.05, 4.69) is 10.6 Å². The number of carbonyl (C=O) groups is 2. The Kier molecular flexibility index (Phi) is 9.42. The van der Waals surface area contributed by atoms with Gasteiger partial charge >= 0.3 is 5.97 Å². The Labute approximate surface area is 149 Å². The average Bonchev–Trinajstić information content (AvgIpc) is 2.59. The van der Waals surface area contributed by atoms with Gasteiger partial charge in [-0.05, 0) is 50.8 Å². The van der Waals surface area contributed by atoms with Crippen LogP contribution < -0.4 is 10.6 Å². The van der Waals surface area contributed by atoms with Crippen molar-refractivity contribution in [3.05, 3.63) is 35.9 Å². The van der Waals surface area contributed by atoms with Gasteiger partial charge in [-0.3, -0.25) is 4.79 Å². The maximum atomic E-state index is 12.2. The first-order valence-electron chi connectivity index (χ1n) is 8.42. The summed E-state index contributed by atoms with van der Waals surface area (Å²) in [7, 11) is 0. The van der Waals surface area contributed by atoms with Crippen molar-refractivity contribution < 1.29 is 14.3 Å².